The fraction of sp³-hybridized carbons (Fsp3) is 0.182. The number of aryl methyl sites for hydroxylation is 1. The summed E-state index contributed by atoms with van der Waals surface area (Å²) in [4.78, 5) is 37.4. The number of nitrogens with zero attached hydrogens (tertiary/aromatic N) is 2. The predicted molar refractivity (Wildman–Crippen MR) is 167 cm³/mol. The summed E-state index contributed by atoms with van der Waals surface area (Å²) in [6, 6.07) is 23.7. The van der Waals surface area contributed by atoms with E-state index in [-0.39, 0.29) is 12.2 Å². The number of thioether (sulfide) groups is 1. The Morgan fingerprint density at radius 1 is 1.10 bits per heavy atom. The fourth-order valence-corrected chi connectivity index (χ4v) is 6.77. The molecule has 0 radical (unpaired) electrons. The Labute approximate surface area is 245 Å². The number of aromatic amines is 1. The molecule has 0 spiro atoms. The monoisotopic (exact) mass is 579 g/mol. The second kappa shape index (κ2) is 11.0. The first-order valence-corrected chi connectivity index (χ1v) is 15.4. The molecule has 1 N–H and O–H groups in total. The highest BCUT2D eigenvalue weighted by Crippen LogP contribution is 2.33. The van der Waals surface area contributed by atoms with Gasteiger partial charge in [0.2, 0.25) is 0 Å². The maximum atomic E-state index is 14.2. The molecule has 0 unspecified atom stereocenters. The lowest BCUT2D eigenvalue weighted by molar-refractivity contribution is -0.139. The van der Waals surface area contributed by atoms with Crippen LogP contribution in [-0.2, 0) is 9.53 Å². The van der Waals surface area contributed by atoms with Gasteiger partial charge < -0.3 is 9.72 Å². The highest BCUT2D eigenvalue weighted by molar-refractivity contribution is 7.98. The van der Waals surface area contributed by atoms with Gasteiger partial charge in [0.1, 0.15) is 0 Å². The molecule has 2 aromatic heterocycles. The van der Waals surface area contributed by atoms with E-state index >= 15 is 0 Å². The third-order valence-corrected chi connectivity index (χ3v) is 9.01. The molecule has 3 heterocycles. The van der Waals surface area contributed by atoms with Crippen LogP contribution in [0.1, 0.15) is 36.6 Å². The Bertz CT molecular complexity index is 2000. The van der Waals surface area contributed by atoms with Crippen molar-refractivity contribution in [3.05, 3.63) is 120 Å². The lowest BCUT2D eigenvalue weighted by atomic mass is 9.96. The van der Waals surface area contributed by atoms with Crippen molar-refractivity contribution < 1.29 is 9.53 Å². The minimum absolute atomic E-state index is 0.192. The van der Waals surface area contributed by atoms with Gasteiger partial charge in [0.25, 0.3) is 5.56 Å². The molecule has 1 aliphatic rings. The Kier molecular flexibility index (Phi) is 7.28. The van der Waals surface area contributed by atoms with Gasteiger partial charge in [-0.1, -0.05) is 65.4 Å². The zero-order chi connectivity index (χ0) is 28.7. The summed E-state index contributed by atoms with van der Waals surface area (Å²) in [5.74, 6) is -0.458. The van der Waals surface area contributed by atoms with Crippen LogP contribution >= 0.6 is 23.1 Å². The first-order valence-electron chi connectivity index (χ1n) is 13.4. The molecular formula is C33H29N3O3S2. The van der Waals surface area contributed by atoms with E-state index in [4.69, 9.17) is 9.73 Å². The maximum Gasteiger partial charge on any atom is 0.338 e. The second-order valence-electron chi connectivity index (χ2n) is 9.90. The number of hydrogen-bond donors (Lipinski definition) is 1. The van der Waals surface area contributed by atoms with Crippen molar-refractivity contribution >= 4 is 46.0 Å². The Hall–Kier alpha value is -4.14. The number of fused-ring (bicyclic) bond motifs is 2. The summed E-state index contributed by atoms with van der Waals surface area (Å²) < 4.78 is 7.63. The number of allylic oxidation sites excluding steroid dienone is 1. The molecule has 1 atom stereocenters. The number of nitrogens with one attached hydrogen (secondary N) is 1. The normalized spacial score (nSPS) is 15.2. The van der Waals surface area contributed by atoms with Crippen LogP contribution in [0.3, 0.4) is 0 Å². The van der Waals surface area contributed by atoms with Gasteiger partial charge >= 0.3 is 5.97 Å². The number of benzene rings is 3. The minimum Gasteiger partial charge on any atom is -0.463 e. The summed E-state index contributed by atoms with van der Waals surface area (Å²) >= 11 is 2.98. The van der Waals surface area contributed by atoms with Crippen LogP contribution in [0.4, 0.5) is 0 Å². The number of hydrogen-bond acceptors (Lipinski definition) is 6. The Morgan fingerprint density at radius 2 is 1.85 bits per heavy atom. The van der Waals surface area contributed by atoms with Crippen molar-refractivity contribution in [3.63, 3.8) is 0 Å². The van der Waals surface area contributed by atoms with E-state index in [1.54, 1.807) is 23.3 Å². The smallest absolute Gasteiger partial charge is 0.338 e. The minimum atomic E-state index is -0.637. The third kappa shape index (κ3) is 4.87. The Morgan fingerprint density at radius 3 is 2.56 bits per heavy atom. The van der Waals surface area contributed by atoms with Gasteiger partial charge in [-0.05, 0) is 68.5 Å². The van der Waals surface area contributed by atoms with Crippen molar-refractivity contribution in [1.82, 2.24) is 9.55 Å². The van der Waals surface area contributed by atoms with Crippen molar-refractivity contribution in [2.75, 3.05) is 12.9 Å². The summed E-state index contributed by atoms with van der Waals surface area (Å²) in [5, 5.41) is 1.04. The topological polar surface area (TPSA) is 76.4 Å². The molecular weight excluding hydrogens is 551 g/mol. The molecule has 0 aliphatic carbocycles. The van der Waals surface area contributed by atoms with Gasteiger partial charge in [-0.3, -0.25) is 9.36 Å². The number of thiazole rings is 1. The lowest BCUT2D eigenvalue weighted by Crippen LogP contribution is -2.39. The van der Waals surface area contributed by atoms with Crippen LogP contribution in [0.5, 0.6) is 0 Å². The zero-order valence-corrected chi connectivity index (χ0v) is 24.9. The predicted octanol–water partition coefficient (Wildman–Crippen LogP) is 5.98. The molecule has 206 valence electrons. The van der Waals surface area contributed by atoms with E-state index in [0.29, 0.717) is 20.6 Å². The summed E-state index contributed by atoms with van der Waals surface area (Å²) in [5.41, 5.74) is 6.65. The number of rotatable bonds is 6. The van der Waals surface area contributed by atoms with Gasteiger partial charge in [0.05, 0.1) is 34.1 Å². The molecule has 8 heteroatoms. The summed E-state index contributed by atoms with van der Waals surface area (Å²) in [6.07, 6.45) is 3.98. The van der Waals surface area contributed by atoms with E-state index in [0.717, 1.165) is 43.7 Å². The number of ether oxygens (including phenoxy) is 1. The van der Waals surface area contributed by atoms with Crippen molar-refractivity contribution in [3.8, 4) is 11.3 Å². The average molecular weight is 580 g/mol. The molecule has 41 heavy (non-hydrogen) atoms. The molecule has 0 saturated heterocycles. The van der Waals surface area contributed by atoms with Crippen molar-refractivity contribution in [2.45, 2.75) is 31.7 Å². The highest BCUT2D eigenvalue weighted by Gasteiger charge is 2.33. The van der Waals surface area contributed by atoms with E-state index in [9.17, 15) is 9.59 Å². The second-order valence-corrected chi connectivity index (χ2v) is 11.8. The first-order chi connectivity index (χ1) is 19.9. The third-order valence-electron chi connectivity index (χ3n) is 7.28. The molecule has 6 nitrogen and oxygen atoms in total. The van der Waals surface area contributed by atoms with Gasteiger partial charge in [-0.15, -0.1) is 11.8 Å². The molecule has 0 amide bonds. The van der Waals surface area contributed by atoms with E-state index < -0.39 is 12.0 Å². The summed E-state index contributed by atoms with van der Waals surface area (Å²) in [7, 11) is 0. The first kappa shape index (κ1) is 27.1. The standard InChI is InChI=1S/C33H29N3O3S2/c1-5-39-32(38)28-20(3)34-33-36(30(28)22-12-14-23(40-4)15-13-22)31(37)27(41-33)18-25-24-17-19(2)11-16-26(24)35-29(25)21-9-7-6-8-10-21/h6-18,30,35H,5H2,1-4H3/b27-18+/t30-/m0/s1. The number of H-pyrrole nitrogens is 1. The molecule has 3 aromatic carbocycles. The number of aromatic nitrogens is 2. The average Bonchev–Trinajstić information content (AvgIpc) is 3.49. The molecule has 0 fully saturated rings. The van der Waals surface area contributed by atoms with E-state index in [1.807, 2.05) is 61.7 Å². The number of carbonyl (C=O) groups is 1. The quantitative estimate of drug-likeness (QED) is 0.198. The molecule has 0 bridgehead atoms. The van der Waals surface area contributed by atoms with Crippen molar-refractivity contribution in [1.29, 1.82) is 0 Å². The maximum absolute atomic E-state index is 14.2. The highest BCUT2D eigenvalue weighted by atomic mass is 32.2. The summed E-state index contributed by atoms with van der Waals surface area (Å²) in [6.45, 7) is 5.88. The fourth-order valence-electron chi connectivity index (χ4n) is 5.33. The van der Waals surface area contributed by atoms with E-state index in [2.05, 4.69) is 42.2 Å². The van der Waals surface area contributed by atoms with Crippen LogP contribution in [-0.4, -0.2) is 28.4 Å². The van der Waals surface area contributed by atoms with Crippen LogP contribution in [0.15, 0.2) is 98.7 Å². The van der Waals surface area contributed by atoms with Crippen molar-refractivity contribution in [2.24, 2.45) is 4.99 Å². The van der Waals surface area contributed by atoms with Crippen LogP contribution in [0, 0.1) is 6.92 Å². The lowest BCUT2D eigenvalue weighted by Gasteiger charge is -2.24. The van der Waals surface area contributed by atoms with Crippen LogP contribution in [0.2, 0.25) is 0 Å². The molecule has 6 rings (SSSR count). The van der Waals surface area contributed by atoms with Gasteiger partial charge in [-0.25, -0.2) is 9.79 Å². The molecule has 5 aromatic rings. The van der Waals surface area contributed by atoms with Gasteiger partial charge in [0.15, 0.2) is 4.80 Å². The molecule has 0 saturated carbocycles. The van der Waals surface area contributed by atoms with Crippen LogP contribution in [0.25, 0.3) is 28.2 Å². The zero-order valence-electron chi connectivity index (χ0n) is 23.2. The largest absolute Gasteiger partial charge is 0.463 e. The van der Waals surface area contributed by atoms with Gasteiger partial charge in [-0.2, -0.15) is 0 Å². The number of esters is 1. The Balaban J connectivity index is 1.61. The SMILES string of the molecule is CCOC(=O)C1=C(C)N=c2s/c(=C/c3c(-c4ccccc4)[nH]c4ccc(C)cc34)c(=O)n2[C@H]1c1ccc(SC)cc1. The number of carbonyl (C=O) groups excluding carboxylic acids is 1. The van der Waals surface area contributed by atoms with E-state index in [1.165, 1.54) is 11.3 Å². The van der Waals surface area contributed by atoms with Gasteiger partial charge in [0, 0.05) is 21.4 Å². The van der Waals surface area contributed by atoms with Crippen LogP contribution < -0.4 is 14.9 Å². The molecule has 1 aliphatic heterocycles.